The lowest BCUT2D eigenvalue weighted by molar-refractivity contribution is -0.126. The molecule has 6 nitrogen and oxygen atoms in total. The maximum atomic E-state index is 12.9. The quantitative estimate of drug-likeness (QED) is 0.601. The Kier molecular flexibility index (Phi) is 6.88. The Labute approximate surface area is 167 Å². The van der Waals surface area contributed by atoms with Crippen LogP contribution in [0.25, 0.3) is 0 Å². The first-order chi connectivity index (χ1) is 13.4. The van der Waals surface area contributed by atoms with Gasteiger partial charge in [0.25, 0.3) is 0 Å². The standard InChI is InChI=1S/C21H30N2O4S/c1-16(24)18-7-6-10-20(15-18)28(26,27)23-13-11-17(12-14-23)21(25)22-19-8-4-2-3-5-9-19/h6-7,10,15,17,19H,2-5,8-9,11-14H2,1H3,(H,22,25). The number of Topliss-reactive ketones (excluding diaryl/α,β-unsaturated/α-hetero) is 1. The summed E-state index contributed by atoms with van der Waals surface area (Å²) >= 11 is 0. The molecule has 154 valence electrons. The van der Waals surface area contributed by atoms with Crippen molar-refractivity contribution >= 4 is 21.7 Å². The topological polar surface area (TPSA) is 83.6 Å². The molecule has 0 bridgehead atoms. The average molecular weight is 407 g/mol. The Bertz CT molecular complexity index is 805. The molecular weight excluding hydrogens is 376 g/mol. The van der Waals surface area contributed by atoms with Gasteiger partial charge in [-0.1, -0.05) is 37.8 Å². The van der Waals surface area contributed by atoms with E-state index >= 15 is 0 Å². The van der Waals surface area contributed by atoms with Gasteiger partial charge < -0.3 is 5.32 Å². The zero-order chi connectivity index (χ0) is 20.1. The number of hydrogen-bond acceptors (Lipinski definition) is 4. The first-order valence-corrected chi connectivity index (χ1v) is 11.7. The normalized spacial score (nSPS) is 20.5. The van der Waals surface area contributed by atoms with Gasteiger partial charge in [0.2, 0.25) is 15.9 Å². The van der Waals surface area contributed by atoms with Gasteiger partial charge in [0.05, 0.1) is 4.90 Å². The second kappa shape index (κ2) is 9.18. The summed E-state index contributed by atoms with van der Waals surface area (Å²) in [5.74, 6) is -0.216. The van der Waals surface area contributed by atoms with Crippen LogP contribution >= 0.6 is 0 Å². The maximum Gasteiger partial charge on any atom is 0.243 e. The minimum atomic E-state index is -3.65. The van der Waals surface area contributed by atoms with E-state index in [9.17, 15) is 18.0 Å². The van der Waals surface area contributed by atoms with Crippen molar-refractivity contribution in [2.75, 3.05) is 13.1 Å². The predicted octanol–water partition coefficient (Wildman–Crippen LogP) is 3.13. The van der Waals surface area contributed by atoms with Crippen LogP contribution in [0.2, 0.25) is 0 Å². The van der Waals surface area contributed by atoms with Gasteiger partial charge in [-0.2, -0.15) is 4.31 Å². The summed E-state index contributed by atoms with van der Waals surface area (Å²) in [5.41, 5.74) is 0.388. The molecule has 1 aromatic rings. The molecule has 0 spiro atoms. The molecule has 1 amide bonds. The molecule has 1 N–H and O–H groups in total. The molecular formula is C21H30N2O4S. The number of benzene rings is 1. The van der Waals surface area contributed by atoms with Crippen molar-refractivity contribution in [3.8, 4) is 0 Å². The minimum Gasteiger partial charge on any atom is -0.353 e. The van der Waals surface area contributed by atoms with Crippen LogP contribution in [0.5, 0.6) is 0 Å². The summed E-state index contributed by atoms with van der Waals surface area (Å²) in [7, 11) is -3.65. The van der Waals surface area contributed by atoms with E-state index in [0.717, 1.165) is 12.8 Å². The van der Waals surface area contributed by atoms with Gasteiger partial charge in [0.15, 0.2) is 5.78 Å². The number of nitrogens with one attached hydrogen (secondary N) is 1. The third-order valence-electron chi connectivity index (χ3n) is 5.90. The molecule has 1 saturated heterocycles. The van der Waals surface area contributed by atoms with Crippen molar-refractivity contribution in [3.05, 3.63) is 29.8 Å². The molecule has 1 aliphatic heterocycles. The lowest BCUT2D eigenvalue weighted by atomic mass is 9.96. The number of carbonyl (C=O) groups is 2. The number of sulfonamides is 1. The van der Waals surface area contributed by atoms with Crippen LogP contribution in [-0.4, -0.2) is 43.5 Å². The molecule has 2 fully saturated rings. The van der Waals surface area contributed by atoms with E-state index in [1.165, 1.54) is 49.0 Å². The first-order valence-electron chi connectivity index (χ1n) is 10.3. The molecule has 0 radical (unpaired) electrons. The fourth-order valence-corrected chi connectivity index (χ4v) is 5.64. The van der Waals surface area contributed by atoms with Crippen LogP contribution < -0.4 is 5.32 Å². The molecule has 3 rings (SSSR count). The molecule has 1 aliphatic carbocycles. The number of carbonyl (C=O) groups excluding carboxylic acids is 2. The molecule has 1 saturated carbocycles. The van der Waals surface area contributed by atoms with Crippen LogP contribution in [0.1, 0.15) is 68.6 Å². The highest BCUT2D eigenvalue weighted by Gasteiger charge is 2.33. The Morgan fingerprint density at radius 1 is 1.00 bits per heavy atom. The average Bonchev–Trinajstić information content (AvgIpc) is 2.97. The summed E-state index contributed by atoms with van der Waals surface area (Å²) in [5, 5.41) is 3.19. The molecule has 0 unspecified atom stereocenters. The fourth-order valence-electron chi connectivity index (χ4n) is 4.13. The Morgan fingerprint density at radius 2 is 1.64 bits per heavy atom. The first kappa shape index (κ1) is 21.0. The summed E-state index contributed by atoms with van der Waals surface area (Å²) in [4.78, 5) is 24.3. The van der Waals surface area contributed by atoms with Crippen LogP contribution in [-0.2, 0) is 14.8 Å². The highest BCUT2D eigenvalue weighted by atomic mass is 32.2. The largest absolute Gasteiger partial charge is 0.353 e. The zero-order valence-corrected chi connectivity index (χ0v) is 17.3. The Balaban J connectivity index is 1.59. The molecule has 0 aromatic heterocycles. The number of ketones is 1. The van der Waals surface area contributed by atoms with Gasteiger partial charge in [-0.25, -0.2) is 8.42 Å². The van der Waals surface area contributed by atoms with Gasteiger partial charge >= 0.3 is 0 Å². The Hall–Kier alpha value is -1.73. The van der Waals surface area contributed by atoms with Crippen molar-refractivity contribution in [1.29, 1.82) is 0 Å². The summed E-state index contributed by atoms with van der Waals surface area (Å²) < 4.78 is 27.2. The van der Waals surface area contributed by atoms with E-state index in [-0.39, 0.29) is 28.5 Å². The van der Waals surface area contributed by atoms with Crippen molar-refractivity contribution in [2.45, 2.75) is 69.2 Å². The van der Waals surface area contributed by atoms with Crippen LogP contribution in [0, 0.1) is 5.92 Å². The van der Waals surface area contributed by atoms with Crippen LogP contribution in [0.4, 0.5) is 0 Å². The number of piperidine rings is 1. The lowest BCUT2D eigenvalue weighted by Gasteiger charge is -2.31. The molecule has 0 atom stereocenters. The fraction of sp³-hybridized carbons (Fsp3) is 0.619. The van der Waals surface area contributed by atoms with E-state index in [4.69, 9.17) is 0 Å². The monoisotopic (exact) mass is 406 g/mol. The van der Waals surface area contributed by atoms with Crippen molar-refractivity contribution < 1.29 is 18.0 Å². The van der Waals surface area contributed by atoms with Gasteiger partial charge in [-0.3, -0.25) is 9.59 Å². The van der Waals surface area contributed by atoms with Crippen molar-refractivity contribution in [1.82, 2.24) is 9.62 Å². The van der Waals surface area contributed by atoms with Gasteiger partial charge in [-0.15, -0.1) is 0 Å². The van der Waals surface area contributed by atoms with Crippen LogP contribution in [0.3, 0.4) is 0 Å². The predicted molar refractivity (Wildman–Crippen MR) is 108 cm³/mol. The highest BCUT2D eigenvalue weighted by Crippen LogP contribution is 2.25. The summed E-state index contributed by atoms with van der Waals surface area (Å²) in [6.45, 7) is 2.08. The summed E-state index contributed by atoms with van der Waals surface area (Å²) in [6, 6.07) is 6.43. The smallest absolute Gasteiger partial charge is 0.243 e. The third kappa shape index (κ3) is 5.00. The minimum absolute atomic E-state index is 0.0718. The summed E-state index contributed by atoms with van der Waals surface area (Å²) in [6.07, 6.45) is 7.98. The second-order valence-corrected chi connectivity index (χ2v) is 9.90. The highest BCUT2D eigenvalue weighted by molar-refractivity contribution is 7.89. The van der Waals surface area contributed by atoms with E-state index in [2.05, 4.69) is 5.32 Å². The molecule has 28 heavy (non-hydrogen) atoms. The number of rotatable bonds is 5. The van der Waals surface area contributed by atoms with Crippen LogP contribution in [0.15, 0.2) is 29.2 Å². The maximum absolute atomic E-state index is 12.9. The van der Waals surface area contributed by atoms with Gasteiger partial charge in [0.1, 0.15) is 0 Å². The SMILES string of the molecule is CC(=O)c1cccc(S(=O)(=O)N2CCC(C(=O)NC3CCCCCC3)CC2)c1. The molecule has 2 aliphatic rings. The zero-order valence-electron chi connectivity index (χ0n) is 16.5. The third-order valence-corrected chi connectivity index (χ3v) is 7.80. The number of hydrogen-bond donors (Lipinski definition) is 1. The number of nitrogens with zero attached hydrogens (tertiary/aromatic N) is 1. The second-order valence-electron chi connectivity index (χ2n) is 7.96. The van der Waals surface area contributed by atoms with E-state index in [1.54, 1.807) is 12.1 Å². The van der Waals surface area contributed by atoms with Crippen molar-refractivity contribution in [2.24, 2.45) is 5.92 Å². The lowest BCUT2D eigenvalue weighted by Crippen LogP contribution is -2.45. The Morgan fingerprint density at radius 3 is 2.25 bits per heavy atom. The van der Waals surface area contributed by atoms with Crippen molar-refractivity contribution in [3.63, 3.8) is 0 Å². The molecule has 1 aromatic carbocycles. The molecule has 1 heterocycles. The van der Waals surface area contributed by atoms with E-state index in [1.807, 2.05) is 0 Å². The van der Waals surface area contributed by atoms with Gasteiger partial charge in [0, 0.05) is 30.6 Å². The molecule has 7 heteroatoms. The number of amides is 1. The van der Waals surface area contributed by atoms with E-state index < -0.39 is 10.0 Å². The van der Waals surface area contributed by atoms with Gasteiger partial charge in [-0.05, 0) is 44.7 Å². The van der Waals surface area contributed by atoms with E-state index in [0.29, 0.717) is 31.5 Å².